The van der Waals surface area contributed by atoms with E-state index in [1.165, 1.54) is 24.5 Å². The van der Waals surface area contributed by atoms with Gasteiger partial charge in [-0.25, -0.2) is 0 Å². The van der Waals surface area contributed by atoms with E-state index in [2.05, 4.69) is 64.6 Å². The minimum Gasteiger partial charge on any atom is -0.356 e. The Labute approximate surface area is 173 Å². The van der Waals surface area contributed by atoms with Crippen molar-refractivity contribution >= 4 is 5.91 Å². The van der Waals surface area contributed by atoms with Crippen LogP contribution in [-0.4, -0.2) is 55.5 Å². The van der Waals surface area contributed by atoms with Crippen LogP contribution in [-0.2, 0) is 17.8 Å². The number of nitrogens with one attached hydrogen (secondary N) is 1. The molecule has 152 valence electrons. The third kappa shape index (κ3) is 6.15. The van der Waals surface area contributed by atoms with Crippen LogP contribution >= 0.6 is 0 Å². The molecule has 2 aromatic rings. The summed E-state index contributed by atoms with van der Waals surface area (Å²) in [5, 5.41) is 12.5. The monoisotopic (exact) mass is 390 g/mol. The molecule has 0 aliphatic carbocycles. The number of likely N-dealkylation sites (N-methyl/N-ethyl adjacent to an activating group) is 1. The summed E-state index contributed by atoms with van der Waals surface area (Å²) in [5.74, 6) is -0.00688. The SMILES string of the molecule is CC(=O)NCCc1ccc(-c2ccc(CN3CCCN(C)CC3)cc2C#N)cc1. The molecule has 29 heavy (non-hydrogen) atoms. The molecule has 1 saturated heterocycles. The fraction of sp³-hybridized carbons (Fsp3) is 0.417. The highest BCUT2D eigenvalue weighted by Crippen LogP contribution is 2.25. The van der Waals surface area contributed by atoms with Gasteiger partial charge in [-0.3, -0.25) is 9.69 Å². The van der Waals surface area contributed by atoms with E-state index in [1.807, 2.05) is 6.07 Å². The first kappa shape index (κ1) is 21.0. The van der Waals surface area contributed by atoms with Gasteiger partial charge >= 0.3 is 0 Å². The van der Waals surface area contributed by atoms with Gasteiger partial charge in [0, 0.05) is 33.1 Å². The molecule has 1 aliphatic heterocycles. The first-order valence-corrected chi connectivity index (χ1v) is 10.3. The Morgan fingerprint density at radius 1 is 1.07 bits per heavy atom. The molecule has 5 heteroatoms. The summed E-state index contributed by atoms with van der Waals surface area (Å²) in [4.78, 5) is 15.8. The Morgan fingerprint density at radius 2 is 1.83 bits per heavy atom. The van der Waals surface area contributed by atoms with Crippen LogP contribution in [0.3, 0.4) is 0 Å². The average Bonchev–Trinajstić information content (AvgIpc) is 2.92. The van der Waals surface area contributed by atoms with Crippen LogP contribution in [0.25, 0.3) is 11.1 Å². The first-order valence-electron chi connectivity index (χ1n) is 10.3. The van der Waals surface area contributed by atoms with Crippen molar-refractivity contribution in [2.24, 2.45) is 0 Å². The Hall–Kier alpha value is -2.68. The van der Waals surface area contributed by atoms with Gasteiger partial charge in [0.1, 0.15) is 0 Å². The Bertz CT molecular complexity index is 869. The Balaban J connectivity index is 1.68. The predicted molar refractivity (Wildman–Crippen MR) is 116 cm³/mol. The summed E-state index contributed by atoms with van der Waals surface area (Å²) in [6.07, 6.45) is 1.99. The number of carbonyl (C=O) groups is 1. The van der Waals surface area contributed by atoms with Crippen LogP contribution < -0.4 is 5.32 Å². The maximum Gasteiger partial charge on any atom is 0.216 e. The molecule has 2 aromatic carbocycles. The molecular formula is C24H30N4O. The molecule has 1 heterocycles. The second kappa shape index (κ2) is 10.2. The maximum absolute atomic E-state index is 11.0. The lowest BCUT2D eigenvalue weighted by Crippen LogP contribution is -2.28. The zero-order valence-corrected chi connectivity index (χ0v) is 17.4. The number of hydrogen-bond donors (Lipinski definition) is 1. The van der Waals surface area contributed by atoms with E-state index in [0.29, 0.717) is 6.54 Å². The summed E-state index contributed by atoms with van der Waals surface area (Å²) in [6, 6.07) is 16.9. The summed E-state index contributed by atoms with van der Waals surface area (Å²) in [7, 11) is 2.18. The predicted octanol–water partition coefficient (Wildman–Crippen LogP) is 3.04. The molecule has 0 aromatic heterocycles. The Kier molecular flexibility index (Phi) is 7.40. The van der Waals surface area contributed by atoms with Crippen molar-refractivity contribution < 1.29 is 4.79 Å². The van der Waals surface area contributed by atoms with E-state index in [-0.39, 0.29) is 5.91 Å². The van der Waals surface area contributed by atoms with Gasteiger partial charge in [0.05, 0.1) is 11.6 Å². The van der Waals surface area contributed by atoms with Gasteiger partial charge in [0.25, 0.3) is 0 Å². The summed E-state index contributed by atoms with van der Waals surface area (Å²) in [5.41, 5.74) is 5.11. The van der Waals surface area contributed by atoms with Crippen LogP contribution in [0, 0.1) is 11.3 Å². The number of hydrogen-bond acceptors (Lipinski definition) is 4. The van der Waals surface area contributed by atoms with Gasteiger partial charge in [-0.15, -0.1) is 0 Å². The smallest absolute Gasteiger partial charge is 0.216 e. The number of nitrogens with zero attached hydrogens (tertiary/aromatic N) is 3. The molecule has 5 nitrogen and oxygen atoms in total. The third-order valence-electron chi connectivity index (χ3n) is 5.48. The molecule has 1 fully saturated rings. The van der Waals surface area contributed by atoms with Gasteiger partial charge < -0.3 is 10.2 Å². The van der Waals surface area contributed by atoms with Crippen molar-refractivity contribution in [1.29, 1.82) is 5.26 Å². The van der Waals surface area contributed by atoms with Crippen LogP contribution in [0.2, 0.25) is 0 Å². The fourth-order valence-corrected chi connectivity index (χ4v) is 3.78. The zero-order chi connectivity index (χ0) is 20.6. The highest BCUT2D eigenvalue weighted by molar-refractivity contribution is 5.73. The van der Waals surface area contributed by atoms with Gasteiger partial charge in [0.15, 0.2) is 0 Å². The number of carbonyl (C=O) groups excluding carboxylic acids is 1. The molecule has 0 unspecified atom stereocenters. The molecule has 3 rings (SSSR count). The molecule has 1 N–H and O–H groups in total. The molecular weight excluding hydrogens is 360 g/mol. The van der Waals surface area contributed by atoms with Crippen LogP contribution in [0.1, 0.15) is 30.0 Å². The summed E-state index contributed by atoms with van der Waals surface area (Å²) >= 11 is 0. The molecule has 0 radical (unpaired) electrons. The van der Waals surface area contributed by atoms with E-state index < -0.39 is 0 Å². The van der Waals surface area contributed by atoms with E-state index in [4.69, 9.17) is 0 Å². The van der Waals surface area contributed by atoms with Crippen LogP contribution in [0.4, 0.5) is 0 Å². The minimum absolute atomic E-state index is 0.00688. The molecule has 0 bridgehead atoms. The van der Waals surface area contributed by atoms with Gasteiger partial charge in [-0.05, 0) is 61.3 Å². The number of nitriles is 1. The highest BCUT2D eigenvalue weighted by Gasteiger charge is 2.13. The topological polar surface area (TPSA) is 59.4 Å². The Morgan fingerprint density at radius 3 is 2.55 bits per heavy atom. The third-order valence-corrected chi connectivity index (χ3v) is 5.48. The van der Waals surface area contributed by atoms with Crippen LogP contribution in [0.15, 0.2) is 42.5 Å². The van der Waals surface area contributed by atoms with Crippen molar-refractivity contribution in [3.8, 4) is 17.2 Å². The van der Waals surface area contributed by atoms with E-state index in [0.717, 1.165) is 55.8 Å². The lowest BCUT2D eigenvalue weighted by Gasteiger charge is -2.20. The quantitative estimate of drug-likeness (QED) is 0.824. The summed E-state index contributed by atoms with van der Waals surface area (Å²) in [6.45, 7) is 7.48. The van der Waals surface area contributed by atoms with Crippen molar-refractivity contribution in [1.82, 2.24) is 15.1 Å². The molecule has 1 amide bonds. The number of rotatable bonds is 6. The highest BCUT2D eigenvalue weighted by atomic mass is 16.1. The number of benzene rings is 2. The second-order valence-electron chi connectivity index (χ2n) is 7.85. The lowest BCUT2D eigenvalue weighted by molar-refractivity contribution is -0.118. The second-order valence-corrected chi connectivity index (χ2v) is 7.85. The molecule has 0 saturated carbocycles. The van der Waals surface area contributed by atoms with E-state index >= 15 is 0 Å². The van der Waals surface area contributed by atoms with Gasteiger partial charge in [-0.2, -0.15) is 5.26 Å². The standard InChI is InChI=1S/C24H30N4O/c1-19(29)26-11-10-20-4-7-22(8-5-20)24-9-6-21(16-23(24)17-25)18-28-13-3-12-27(2)14-15-28/h4-9,16H,3,10-15,18H2,1-2H3,(H,26,29). The normalized spacial score (nSPS) is 15.5. The maximum atomic E-state index is 11.0. The van der Waals surface area contributed by atoms with Crippen molar-refractivity contribution in [3.63, 3.8) is 0 Å². The van der Waals surface area contributed by atoms with Crippen molar-refractivity contribution in [3.05, 3.63) is 59.2 Å². The van der Waals surface area contributed by atoms with Gasteiger partial charge in [0.2, 0.25) is 5.91 Å². The molecule has 1 aliphatic rings. The average molecular weight is 391 g/mol. The molecule has 0 atom stereocenters. The van der Waals surface area contributed by atoms with E-state index in [9.17, 15) is 10.1 Å². The largest absolute Gasteiger partial charge is 0.356 e. The zero-order valence-electron chi connectivity index (χ0n) is 17.4. The lowest BCUT2D eigenvalue weighted by atomic mass is 9.96. The number of amides is 1. The first-order chi connectivity index (χ1) is 14.0. The van der Waals surface area contributed by atoms with E-state index in [1.54, 1.807) is 0 Å². The molecule has 0 spiro atoms. The van der Waals surface area contributed by atoms with Crippen LogP contribution in [0.5, 0.6) is 0 Å². The van der Waals surface area contributed by atoms with Gasteiger partial charge in [-0.1, -0.05) is 36.4 Å². The van der Waals surface area contributed by atoms with Crippen molar-refractivity contribution in [2.45, 2.75) is 26.3 Å². The van der Waals surface area contributed by atoms with Crippen molar-refractivity contribution in [2.75, 3.05) is 39.8 Å². The minimum atomic E-state index is -0.00688. The summed E-state index contributed by atoms with van der Waals surface area (Å²) < 4.78 is 0. The fourth-order valence-electron chi connectivity index (χ4n) is 3.78.